The first-order valence-electron chi connectivity index (χ1n) is 6.48. The molecule has 0 bridgehead atoms. The lowest BCUT2D eigenvalue weighted by atomic mass is 9.94. The van der Waals surface area contributed by atoms with Crippen LogP contribution < -0.4 is 9.47 Å². The Balaban J connectivity index is 2.76. The number of phenolic OH excluding ortho intramolecular Hbond substituents is 1. The molecule has 0 atom stereocenters. The topological polar surface area (TPSA) is 38.7 Å². The van der Waals surface area contributed by atoms with Crippen LogP contribution in [0.2, 0.25) is 0 Å². The highest BCUT2D eigenvalue weighted by molar-refractivity contribution is 5.84. The summed E-state index contributed by atoms with van der Waals surface area (Å²) in [4.78, 5) is 0. The van der Waals surface area contributed by atoms with Crippen molar-refractivity contribution < 1.29 is 14.6 Å². The summed E-state index contributed by atoms with van der Waals surface area (Å²) in [5.41, 5.74) is 3.57. The molecule has 0 saturated carbocycles. The van der Waals surface area contributed by atoms with Crippen LogP contribution in [0, 0.1) is 0 Å². The van der Waals surface area contributed by atoms with Gasteiger partial charge in [-0.1, -0.05) is 31.4 Å². The van der Waals surface area contributed by atoms with Gasteiger partial charge in [-0.3, -0.25) is 0 Å². The fourth-order valence-electron chi connectivity index (χ4n) is 2.25. The lowest BCUT2D eigenvalue weighted by Crippen LogP contribution is -1.94. The number of aromatic hydroxyl groups is 1. The van der Waals surface area contributed by atoms with E-state index >= 15 is 0 Å². The Bertz CT molecular complexity index is 687. The summed E-state index contributed by atoms with van der Waals surface area (Å²) in [7, 11) is 3.18. The van der Waals surface area contributed by atoms with Crippen LogP contribution in [0.1, 0.15) is 11.1 Å². The summed E-state index contributed by atoms with van der Waals surface area (Å²) in [6, 6.07) is 8.89. The number of hydrogen-bond donors (Lipinski definition) is 1. The Morgan fingerprint density at radius 2 is 1.43 bits per heavy atom. The van der Waals surface area contributed by atoms with Crippen molar-refractivity contribution in [1.29, 1.82) is 0 Å². The van der Waals surface area contributed by atoms with Crippen LogP contribution in [0.25, 0.3) is 23.3 Å². The second-order valence-corrected chi connectivity index (χ2v) is 4.47. The van der Waals surface area contributed by atoms with Crippen LogP contribution >= 0.6 is 0 Å². The van der Waals surface area contributed by atoms with E-state index < -0.39 is 0 Å². The Hall–Kier alpha value is -2.68. The molecule has 0 aromatic heterocycles. The minimum atomic E-state index is 0.195. The zero-order chi connectivity index (χ0) is 15.4. The van der Waals surface area contributed by atoms with E-state index in [1.807, 2.05) is 18.2 Å². The molecule has 0 aliphatic rings. The van der Waals surface area contributed by atoms with E-state index in [0.717, 1.165) is 22.3 Å². The van der Waals surface area contributed by atoms with E-state index in [1.54, 1.807) is 38.5 Å². The van der Waals surface area contributed by atoms with E-state index in [1.165, 1.54) is 0 Å². The summed E-state index contributed by atoms with van der Waals surface area (Å²) in [6.45, 7) is 7.66. The van der Waals surface area contributed by atoms with Gasteiger partial charge in [0.15, 0.2) is 11.5 Å². The van der Waals surface area contributed by atoms with Gasteiger partial charge in [0, 0.05) is 0 Å². The summed E-state index contributed by atoms with van der Waals surface area (Å²) >= 11 is 0. The zero-order valence-corrected chi connectivity index (χ0v) is 12.2. The van der Waals surface area contributed by atoms with E-state index in [-0.39, 0.29) is 5.75 Å². The molecule has 0 spiro atoms. The fraction of sp³-hybridized carbons (Fsp3) is 0.111. The quantitative estimate of drug-likeness (QED) is 0.885. The van der Waals surface area contributed by atoms with Crippen LogP contribution in [-0.4, -0.2) is 19.3 Å². The Kier molecular flexibility index (Phi) is 4.33. The molecule has 0 aliphatic heterocycles. The molecule has 1 N–H and O–H groups in total. The predicted molar refractivity (Wildman–Crippen MR) is 86.8 cm³/mol. The molecule has 0 aliphatic carbocycles. The van der Waals surface area contributed by atoms with Crippen molar-refractivity contribution in [2.45, 2.75) is 0 Å². The van der Waals surface area contributed by atoms with E-state index in [0.29, 0.717) is 11.5 Å². The molecule has 3 heteroatoms. The maximum atomic E-state index is 9.77. The van der Waals surface area contributed by atoms with Gasteiger partial charge in [0.1, 0.15) is 5.75 Å². The van der Waals surface area contributed by atoms with Crippen molar-refractivity contribution in [2.75, 3.05) is 14.2 Å². The normalized spacial score (nSPS) is 10.0. The van der Waals surface area contributed by atoms with Gasteiger partial charge >= 0.3 is 0 Å². The van der Waals surface area contributed by atoms with Crippen LogP contribution in [0.4, 0.5) is 0 Å². The molecule has 0 radical (unpaired) electrons. The summed E-state index contributed by atoms with van der Waals surface area (Å²) in [5.74, 6) is 1.45. The van der Waals surface area contributed by atoms with Gasteiger partial charge in [0.05, 0.1) is 14.2 Å². The number of benzene rings is 2. The predicted octanol–water partition coefficient (Wildman–Crippen LogP) is 4.36. The average Bonchev–Trinajstić information content (AvgIpc) is 2.53. The van der Waals surface area contributed by atoms with Crippen LogP contribution in [0.15, 0.2) is 43.5 Å². The van der Waals surface area contributed by atoms with E-state index in [2.05, 4.69) is 13.2 Å². The molecule has 2 rings (SSSR count). The third-order valence-corrected chi connectivity index (χ3v) is 3.32. The maximum absolute atomic E-state index is 9.77. The smallest absolute Gasteiger partial charge is 0.161 e. The number of ether oxygens (including phenoxy) is 2. The van der Waals surface area contributed by atoms with E-state index in [9.17, 15) is 5.11 Å². The second kappa shape index (κ2) is 6.18. The van der Waals surface area contributed by atoms with Crippen molar-refractivity contribution in [3.8, 4) is 28.4 Å². The largest absolute Gasteiger partial charge is 0.508 e. The molecular formula is C18H18O3. The number of hydrogen-bond acceptors (Lipinski definition) is 3. The lowest BCUT2D eigenvalue weighted by Gasteiger charge is -2.15. The summed E-state index contributed by atoms with van der Waals surface area (Å²) in [6.07, 6.45) is 3.49. The molecule has 0 heterocycles. The lowest BCUT2D eigenvalue weighted by molar-refractivity contribution is 0.355. The Morgan fingerprint density at radius 3 is 2.00 bits per heavy atom. The number of rotatable bonds is 5. The Morgan fingerprint density at radius 1 is 0.857 bits per heavy atom. The highest BCUT2D eigenvalue weighted by Gasteiger charge is 2.13. The summed E-state index contributed by atoms with van der Waals surface area (Å²) in [5, 5.41) is 9.77. The standard InChI is InChI=1S/C18H18O3/c1-5-12-7-8-14(19)10-15(12)16-11-18(21-4)17(20-3)9-13(16)6-2/h5-11,19H,1-2H2,3-4H3. The minimum absolute atomic E-state index is 0.195. The first-order chi connectivity index (χ1) is 10.1. The van der Waals surface area contributed by atoms with Crippen molar-refractivity contribution in [3.05, 3.63) is 54.6 Å². The van der Waals surface area contributed by atoms with Crippen molar-refractivity contribution in [2.24, 2.45) is 0 Å². The molecule has 108 valence electrons. The molecule has 2 aromatic rings. The highest BCUT2D eigenvalue weighted by atomic mass is 16.5. The van der Waals surface area contributed by atoms with Crippen molar-refractivity contribution in [1.82, 2.24) is 0 Å². The van der Waals surface area contributed by atoms with Gasteiger partial charge < -0.3 is 14.6 Å². The third kappa shape index (κ3) is 2.77. The van der Waals surface area contributed by atoms with Gasteiger partial charge in [0.25, 0.3) is 0 Å². The van der Waals surface area contributed by atoms with Gasteiger partial charge in [-0.05, 0) is 46.5 Å². The third-order valence-electron chi connectivity index (χ3n) is 3.32. The molecule has 0 saturated heterocycles. The number of methoxy groups -OCH3 is 2. The van der Waals surface area contributed by atoms with Gasteiger partial charge in [0.2, 0.25) is 0 Å². The van der Waals surface area contributed by atoms with Gasteiger partial charge in [-0.15, -0.1) is 0 Å². The average molecular weight is 282 g/mol. The SMILES string of the molecule is C=Cc1ccc(O)cc1-c1cc(OC)c(OC)cc1C=C. The zero-order valence-electron chi connectivity index (χ0n) is 12.2. The Labute approximate surface area is 124 Å². The van der Waals surface area contributed by atoms with Crippen LogP contribution in [0.3, 0.4) is 0 Å². The molecule has 0 amide bonds. The molecule has 0 fully saturated rings. The molecule has 2 aromatic carbocycles. The van der Waals surface area contributed by atoms with E-state index in [4.69, 9.17) is 9.47 Å². The fourth-order valence-corrected chi connectivity index (χ4v) is 2.25. The highest BCUT2D eigenvalue weighted by Crippen LogP contribution is 2.38. The first-order valence-corrected chi connectivity index (χ1v) is 6.48. The van der Waals surface area contributed by atoms with Crippen molar-refractivity contribution in [3.63, 3.8) is 0 Å². The van der Waals surface area contributed by atoms with Crippen molar-refractivity contribution >= 4 is 12.2 Å². The van der Waals surface area contributed by atoms with Gasteiger partial charge in [-0.25, -0.2) is 0 Å². The minimum Gasteiger partial charge on any atom is -0.508 e. The second-order valence-electron chi connectivity index (χ2n) is 4.47. The molecule has 0 unspecified atom stereocenters. The maximum Gasteiger partial charge on any atom is 0.161 e. The van der Waals surface area contributed by atoms with Crippen LogP contribution in [0.5, 0.6) is 17.2 Å². The van der Waals surface area contributed by atoms with Gasteiger partial charge in [-0.2, -0.15) is 0 Å². The van der Waals surface area contributed by atoms with Crippen LogP contribution in [-0.2, 0) is 0 Å². The molecule has 3 nitrogen and oxygen atoms in total. The monoisotopic (exact) mass is 282 g/mol. The molecule has 21 heavy (non-hydrogen) atoms. The number of phenols is 1. The molecular weight excluding hydrogens is 264 g/mol. The first kappa shape index (κ1) is 14.7. The summed E-state index contributed by atoms with van der Waals surface area (Å²) < 4.78 is 10.7.